The van der Waals surface area contributed by atoms with Crippen LogP contribution >= 0.6 is 27.5 Å². The maximum absolute atomic E-state index is 10.1. The maximum atomic E-state index is 10.1. The molecule has 1 aromatic carbocycles. The van der Waals surface area contributed by atoms with Gasteiger partial charge in [-0.1, -0.05) is 27.5 Å². The number of rotatable bonds is 3. The van der Waals surface area contributed by atoms with Gasteiger partial charge in [0, 0.05) is 28.5 Å². The molecule has 1 unspecified atom stereocenters. The lowest BCUT2D eigenvalue weighted by Crippen LogP contribution is -2.08. The number of aliphatic hydroxyl groups is 1. The summed E-state index contributed by atoms with van der Waals surface area (Å²) < 4.78 is 2.52. The van der Waals surface area contributed by atoms with E-state index < -0.39 is 6.10 Å². The van der Waals surface area contributed by atoms with Gasteiger partial charge in [0.05, 0.1) is 6.10 Å². The fourth-order valence-corrected chi connectivity index (χ4v) is 2.18. The minimum absolute atomic E-state index is 0.382. The Morgan fingerprint density at radius 3 is 2.94 bits per heavy atom. The lowest BCUT2D eigenvalue weighted by Gasteiger charge is -2.12. The van der Waals surface area contributed by atoms with Crippen molar-refractivity contribution in [3.05, 3.63) is 45.4 Å². The number of nitrogens with zero attached hydrogens (tertiary/aromatic N) is 3. The third-order valence-electron chi connectivity index (χ3n) is 2.50. The summed E-state index contributed by atoms with van der Waals surface area (Å²) in [4.78, 5) is 4.07. The zero-order valence-corrected chi connectivity index (χ0v) is 11.5. The lowest BCUT2D eigenvalue weighted by atomic mass is 10.1. The number of aromatic nitrogens is 3. The van der Waals surface area contributed by atoms with Gasteiger partial charge in [0.25, 0.3) is 0 Å². The number of benzene rings is 1. The van der Waals surface area contributed by atoms with Gasteiger partial charge in [-0.05, 0) is 18.2 Å². The molecular weight excluding hydrogens is 305 g/mol. The smallest absolute Gasteiger partial charge is 0.138 e. The predicted octanol–water partition coefficient (Wildman–Crippen LogP) is 2.51. The number of hydrogen-bond donors (Lipinski definition) is 1. The first-order chi connectivity index (χ1) is 8.08. The van der Waals surface area contributed by atoms with E-state index in [4.69, 9.17) is 11.6 Å². The molecule has 6 heteroatoms. The van der Waals surface area contributed by atoms with E-state index in [1.165, 1.54) is 6.33 Å². The molecule has 2 rings (SSSR count). The second-order valence-corrected chi connectivity index (χ2v) is 5.01. The Kier molecular flexibility index (Phi) is 3.81. The van der Waals surface area contributed by atoms with E-state index in [9.17, 15) is 5.11 Å². The van der Waals surface area contributed by atoms with Crippen molar-refractivity contribution in [2.24, 2.45) is 7.05 Å². The van der Waals surface area contributed by atoms with Gasteiger partial charge < -0.3 is 5.11 Å². The molecule has 1 N–H and O–H groups in total. The molecule has 1 aromatic heterocycles. The molecule has 17 heavy (non-hydrogen) atoms. The predicted molar refractivity (Wildman–Crippen MR) is 68.8 cm³/mol. The number of halogens is 2. The molecule has 0 bridgehead atoms. The summed E-state index contributed by atoms with van der Waals surface area (Å²) in [5.74, 6) is 0.716. The Morgan fingerprint density at radius 2 is 2.29 bits per heavy atom. The van der Waals surface area contributed by atoms with Crippen molar-refractivity contribution < 1.29 is 5.11 Å². The van der Waals surface area contributed by atoms with Crippen LogP contribution in [-0.4, -0.2) is 19.9 Å². The van der Waals surface area contributed by atoms with Crippen LogP contribution in [0.3, 0.4) is 0 Å². The lowest BCUT2D eigenvalue weighted by molar-refractivity contribution is 0.174. The molecular formula is C11H11BrClN3O. The first kappa shape index (κ1) is 12.5. The van der Waals surface area contributed by atoms with E-state index in [0.717, 1.165) is 4.47 Å². The van der Waals surface area contributed by atoms with Gasteiger partial charge in [0.2, 0.25) is 0 Å². The molecule has 0 aliphatic rings. The van der Waals surface area contributed by atoms with Crippen molar-refractivity contribution in [2.75, 3.05) is 0 Å². The molecule has 90 valence electrons. The fraction of sp³-hybridized carbons (Fsp3) is 0.273. The van der Waals surface area contributed by atoms with Crippen LogP contribution in [0.2, 0.25) is 5.02 Å². The molecule has 4 nitrogen and oxygen atoms in total. The van der Waals surface area contributed by atoms with Crippen molar-refractivity contribution in [3.8, 4) is 0 Å². The first-order valence-corrected chi connectivity index (χ1v) is 6.21. The van der Waals surface area contributed by atoms with Crippen molar-refractivity contribution >= 4 is 27.5 Å². The van der Waals surface area contributed by atoms with Crippen molar-refractivity contribution in [3.63, 3.8) is 0 Å². The third kappa shape index (κ3) is 2.86. The van der Waals surface area contributed by atoms with Gasteiger partial charge in [0.1, 0.15) is 12.2 Å². The standard InChI is InChI=1S/C11H11BrClN3O/c1-16-11(14-6-15-16)5-10(17)8-4-7(12)2-3-9(8)13/h2-4,6,10,17H,5H2,1H3. The van der Waals surface area contributed by atoms with Crippen molar-refractivity contribution in [1.82, 2.24) is 14.8 Å². The first-order valence-electron chi connectivity index (χ1n) is 5.04. The summed E-state index contributed by atoms with van der Waals surface area (Å²) in [7, 11) is 1.79. The highest BCUT2D eigenvalue weighted by atomic mass is 79.9. The molecule has 0 radical (unpaired) electrons. The third-order valence-corrected chi connectivity index (χ3v) is 3.34. The minimum Gasteiger partial charge on any atom is -0.388 e. The summed E-state index contributed by atoms with van der Waals surface area (Å²) in [6, 6.07) is 5.39. The zero-order chi connectivity index (χ0) is 12.4. The van der Waals surface area contributed by atoms with E-state index in [-0.39, 0.29) is 0 Å². The number of aliphatic hydroxyl groups excluding tert-OH is 1. The highest BCUT2D eigenvalue weighted by Gasteiger charge is 2.15. The summed E-state index contributed by atoms with van der Waals surface area (Å²) in [6.07, 6.45) is 1.15. The van der Waals surface area contributed by atoms with Gasteiger partial charge in [-0.25, -0.2) is 4.98 Å². The molecule has 1 heterocycles. The second kappa shape index (κ2) is 5.16. The fourth-order valence-electron chi connectivity index (χ4n) is 1.56. The highest BCUT2D eigenvalue weighted by molar-refractivity contribution is 9.10. The molecule has 0 fully saturated rings. The maximum Gasteiger partial charge on any atom is 0.138 e. The van der Waals surface area contributed by atoms with Crippen LogP contribution in [0.4, 0.5) is 0 Å². The Hall–Kier alpha value is -0.910. The van der Waals surface area contributed by atoms with Crippen molar-refractivity contribution in [1.29, 1.82) is 0 Å². The van der Waals surface area contributed by atoms with E-state index in [1.807, 2.05) is 12.1 Å². The second-order valence-electron chi connectivity index (χ2n) is 3.69. The zero-order valence-electron chi connectivity index (χ0n) is 9.14. The summed E-state index contributed by atoms with van der Waals surface area (Å²) in [5.41, 5.74) is 0.684. The Bertz CT molecular complexity index is 529. The Balaban J connectivity index is 2.23. The summed E-state index contributed by atoms with van der Waals surface area (Å²) in [6.45, 7) is 0. The molecule has 0 amide bonds. The largest absolute Gasteiger partial charge is 0.388 e. The van der Waals surface area contributed by atoms with Crippen molar-refractivity contribution in [2.45, 2.75) is 12.5 Å². The molecule has 0 spiro atoms. The average molecular weight is 317 g/mol. The molecule has 2 aromatic rings. The Morgan fingerprint density at radius 1 is 1.53 bits per heavy atom. The van der Waals surface area contributed by atoms with Gasteiger partial charge in [0.15, 0.2) is 0 Å². The monoisotopic (exact) mass is 315 g/mol. The number of aryl methyl sites for hydroxylation is 1. The van der Waals surface area contributed by atoms with Crippen LogP contribution in [-0.2, 0) is 13.5 Å². The molecule has 0 aliphatic carbocycles. The topological polar surface area (TPSA) is 50.9 Å². The van der Waals surface area contributed by atoms with Crippen LogP contribution in [0.25, 0.3) is 0 Å². The van der Waals surface area contributed by atoms with Crippen LogP contribution in [0.1, 0.15) is 17.5 Å². The van der Waals surface area contributed by atoms with E-state index in [0.29, 0.717) is 22.8 Å². The quantitative estimate of drug-likeness (QED) is 0.946. The normalized spacial score (nSPS) is 12.7. The van der Waals surface area contributed by atoms with Gasteiger partial charge in [-0.15, -0.1) is 0 Å². The minimum atomic E-state index is -0.692. The van der Waals surface area contributed by atoms with Gasteiger partial charge in [-0.2, -0.15) is 5.10 Å². The molecule has 0 saturated carbocycles. The van der Waals surface area contributed by atoms with Crippen LogP contribution in [0, 0.1) is 0 Å². The van der Waals surface area contributed by atoms with Gasteiger partial charge in [-0.3, -0.25) is 4.68 Å². The SMILES string of the molecule is Cn1ncnc1CC(O)c1cc(Br)ccc1Cl. The summed E-state index contributed by atoms with van der Waals surface area (Å²) >= 11 is 9.40. The molecule has 0 aliphatic heterocycles. The van der Waals surface area contributed by atoms with Crippen LogP contribution < -0.4 is 0 Å². The van der Waals surface area contributed by atoms with Gasteiger partial charge >= 0.3 is 0 Å². The summed E-state index contributed by atoms with van der Waals surface area (Å²) in [5, 5.41) is 14.6. The number of hydrogen-bond acceptors (Lipinski definition) is 3. The highest BCUT2D eigenvalue weighted by Crippen LogP contribution is 2.28. The molecule has 1 atom stereocenters. The van der Waals surface area contributed by atoms with E-state index >= 15 is 0 Å². The van der Waals surface area contributed by atoms with E-state index in [2.05, 4.69) is 26.0 Å². The van der Waals surface area contributed by atoms with Crippen LogP contribution in [0.5, 0.6) is 0 Å². The van der Waals surface area contributed by atoms with Crippen LogP contribution in [0.15, 0.2) is 29.0 Å². The van der Waals surface area contributed by atoms with E-state index in [1.54, 1.807) is 17.8 Å². The molecule has 0 saturated heterocycles. The average Bonchev–Trinajstić information content (AvgIpc) is 2.68. The Labute approximate surface area is 112 Å².